The number of nitrogens with one attached hydrogen (secondary N) is 4. The van der Waals surface area contributed by atoms with Crippen molar-refractivity contribution < 1.29 is 60.3 Å². The number of hydrogen-bond donors (Lipinski definition) is 4. The molecule has 3 aliphatic heterocycles. The van der Waals surface area contributed by atoms with E-state index in [0.29, 0.717) is 35.6 Å². The normalized spacial score (nSPS) is 17.1. The van der Waals surface area contributed by atoms with Crippen LogP contribution in [0.5, 0.6) is 0 Å². The monoisotopic (exact) mass is 984 g/mol. The number of anilines is 2. The van der Waals surface area contributed by atoms with Crippen molar-refractivity contribution in [1.82, 2.24) is 20.4 Å². The molecule has 2 unspecified atom stereocenters. The van der Waals surface area contributed by atoms with Crippen molar-refractivity contribution in [1.29, 1.82) is 10.8 Å². The SMILES string of the molecule is CC(C)OC(=O)CN1CCN(CC2CN(c3ccc(C(=N)NC(=O)OCc4ccccc4)cc3)C(=O)O2)CC1.CS(=O)(=O)OCC1CN(c2ccc(C(=N)NC(=O)OCc3ccccc3)cc2)C(=O)O1. The molecule has 2 atom stereocenters. The first-order valence-electron chi connectivity index (χ1n) is 22.3. The van der Waals surface area contributed by atoms with Crippen LogP contribution in [-0.4, -0.2) is 144 Å². The van der Waals surface area contributed by atoms with Gasteiger partial charge in [0.2, 0.25) is 0 Å². The Kier molecular flexibility index (Phi) is 18.4. The molecule has 21 nitrogen and oxygen atoms in total. The molecule has 0 aromatic heterocycles. The molecule has 3 heterocycles. The predicted molar refractivity (Wildman–Crippen MR) is 256 cm³/mol. The zero-order valence-corrected chi connectivity index (χ0v) is 39.7. The average molecular weight is 985 g/mol. The van der Waals surface area contributed by atoms with Crippen molar-refractivity contribution in [2.75, 3.05) is 75.0 Å². The van der Waals surface area contributed by atoms with Crippen LogP contribution in [0.15, 0.2) is 109 Å². The fourth-order valence-electron chi connectivity index (χ4n) is 7.23. The van der Waals surface area contributed by atoms with Crippen molar-refractivity contribution in [3.63, 3.8) is 0 Å². The molecule has 4 aromatic carbocycles. The third kappa shape index (κ3) is 16.4. The van der Waals surface area contributed by atoms with Crippen LogP contribution >= 0.6 is 0 Å². The highest BCUT2D eigenvalue weighted by Gasteiger charge is 2.35. The second-order valence-corrected chi connectivity index (χ2v) is 18.2. The van der Waals surface area contributed by atoms with E-state index in [-0.39, 0.29) is 62.8 Å². The summed E-state index contributed by atoms with van der Waals surface area (Å²) in [6.45, 7) is 8.10. The highest BCUT2D eigenvalue weighted by Crippen LogP contribution is 2.24. The number of ether oxygens (including phenoxy) is 5. The lowest BCUT2D eigenvalue weighted by molar-refractivity contribution is -0.149. The van der Waals surface area contributed by atoms with E-state index < -0.39 is 40.6 Å². The van der Waals surface area contributed by atoms with E-state index in [0.717, 1.165) is 43.6 Å². The molecule has 0 saturated carbocycles. The van der Waals surface area contributed by atoms with Crippen LogP contribution in [0.4, 0.5) is 30.6 Å². The molecular formula is C48H56N8O13S. The van der Waals surface area contributed by atoms with E-state index in [9.17, 15) is 32.4 Å². The Hall–Kier alpha value is -7.40. The van der Waals surface area contributed by atoms with Gasteiger partial charge in [-0.3, -0.25) is 50.0 Å². The molecule has 4 aromatic rings. The van der Waals surface area contributed by atoms with Crippen LogP contribution in [0.1, 0.15) is 36.1 Å². The highest BCUT2D eigenvalue weighted by molar-refractivity contribution is 7.86. The van der Waals surface area contributed by atoms with Gasteiger partial charge in [-0.05, 0) is 73.5 Å². The van der Waals surface area contributed by atoms with Gasteiger partial charge in [-0.2, -0.15) is 8.42 Å². The Morgan fingerprint density at radius 3 is 1.53 bits per heavy atom. The van der Waals surface area contributed by atoms with Gasteiger partial charge in [0.05, 0.1) is 32.0 Å². The van der Waals surface area contributed by atoms with Gasteiger partial charge in [0.25, 0.3) is 10.1 Å². The first-order valence-corrected chi connectivity index (χ1v) is 24.1. The minimum absolute atomic E-state index is 0.0835. The Morgan fingerprint density at radius 2 is 1.09 bits per heavy atom. The van der Waals surface area contributed by atoms with E-state index >= 15 is 0 Å². The number of alkyl carbamates (subject to hydrolysis) is 2. The molecule has 3 saturated heterocycles. The summed E-state index contributed by atoms with van der Waals surface area (Å²) in [5, 5.41) is 21.0. The summed E-state index contributed by atoms with van der Waals surface area (Å²) in [5.74, 6) is -0.468. The zero-order valence-electron chi connectivity index (χ0n) is 38.9. The van der Waals surface area contributed by atoms with Gasteiger partial charge in [-0.25, -0.2) is 19.2 Å². The summed E-state index contributed by atoms with van der Waals surface area (Å²) in [6.07, 6.45) is -2.71. The predicted octanol–water partition coefficient (Wildman–Crippen LogP) is 5.07. The Balaban J connectivity index is 0.000000236. The molecule has 3 fully saturated rings. The van der Waals surface area contributed by atoms with E-state index in [1.165, 1.54) is 4.90 Å². The summed E-state index contributed by atoms with van der Waals surface area (Å²) in [6, 6.07) is 31.5. The molecule has 0 spiro atoms. The number of carbonyl (C=O) groups is 5. The maximum atomic E-state index is 12.6. The number of rotatable bonds is 16. The number of benzene rings is 4. The Morgan fingerprint density at radius 1 is 0.657 bits per heavy atom. The van der Waals surface area contributed by atoms with Crippen LogP contribution < -0.4 is 20.4 Å². The molecule has 22 heteroatoms. The van der Waals surface area contributed by atoms with E-state index in [1.54, 1.807) is 53.4 Å². The number of carbonyl (C=O) groups excluding carboxylic acids is 5. The third-order valence-corrected chi connectivity index (χ3v) is 11.2. The zero-order chi connectivity index (χ0) is 50.2. The molecule has 70 heavy (non-hydrogen) atoms. The molecule has 372 valence electrons. The molecule has 0 aliphatic carbocycles. The topological polar surface area (TPSA) is 260 Å². The summed E-state index contributed by atoms with van der Waals surface area (Å²) in [4.78, 5) is 67.6. The third-order valence-electron chi connectivity index (χ3n) is 10.7. The number of amidine groups is 2. The lowest BCUT2D eigenvalue weighted by atomic mass is 10.1. The smallest absolute Gasteiger partial charge is 0.414 e. The van der Waals surface area contributed by atoms with Crippen LogP contribution in [-0.2, 0) is 56.0 Å². The van der Waals surface area contributed by atoms with E-state index in [2.05, 4.69) is 24.6 Å². The fraction of sp³-hybridized carbons (Fsp3) is 0.354. The number of nitrogens with zero attached hydrogens (tertiary/aromatic N) is 4. The van der Waals surface area contributed by atoms with E-state index in [1.807, 2.05) is 74.5 Å². The van der Waals surface area contributed by atoms with Crippen molar-refractivity contribution in [3.8, 4) is 0 Å². The largest absolute Gasteiger partial charge is 0.462 e. The van der Waals surface area contributed by atoms with Gasteiger partial charge in [-0.15, -0.1) is 0 Å². The van der Waals surface area contributed by atoms with Crippen LogP contribution in [0, 0.1) is 10.8 Å². The van der Waals surface area contributed by atoms with Gasteiger partial charge < -0.3 is 23.7 Å². The Bertz CT molecular complexity index is 2560. The van der Waals surface area contributed by atoms with Gasteiger partial charge in [-0.1, -0.05) is 60.7 Å². The first-order chi connectivity index (χ1) is 33.5. The molecule has 3 aliphatic rings. The second-order valence-electron chi connectivity index (χ2n) is 16.6. The number of amides is 4. The summed E-state index contributed by atoms with van der Waals surface area (Å²) in [7, 11) is -3.63. The molecule has 0 radical (unpaired) electrons. The van der Waals surface area contributed by atoms with Crippen molar-refractivity contribution in [2.24, 2.45) is 0 Å². The first kappa shape index (κ1) is 52.0. The maximum Gasteiger partial charge on any atom is 0.414 e. The summed E-state index contributed by atoms with van der Waals surface area (Å²) < 4.78 is 53.0. The minimum atomic E-state index is -3.63. The second kappa shape index (κ2) is 24.8. The lowest BCUT2D eigenvalue weighted by Gasteiger charge is -2.34. The molecule has 4 N–H and O–H groups in total. The molecule has 0 bridgehead atoms. The number of esters is 1. The van der Waals surface area contributed by atoms with Crippen molar-refractivity contribution in [2.45, 2.75) is 45.4 Å². The average Bonchev–Trinajstić information content (AvgIpc) is 3.91. The summed E-state index contributed by atoms with van der Waals surface area (Å²) >= 11 is 0. The minimum Gasteiger partial charge on any atom is -0.462 e. The van der Waals surface area contributed by atoms with Crippen LogP contribution in [0.3, 0.4) is 0 Å². The van der Waals surface area contributed by atoms with Crippen LogP contribution in [0.2, 0.25) is 0 Å². The number of hydrogen-bond acceptors (Lipinski definition) is 17. The van der Waals surface area contributed by atoms with Crippen molar-refractivity contribution in [3.05, 3.63) is 131 Å². The van der Waals surface area contributed by atoms with Gasteiger partial charge in [0.15, 0.2) is 0 Å². The molecule has 4 amide bonds. The standard InChI is InChI=1S/C28H35N5O6.C20H21N3O7S/c1-20(2)38-25(34)18-32-14-12-31(13-15-32)16-24-17-33(28(36)39-24)23-10-8-22(9-11-23)26(29)30-27(35)37-19-21-6-4-3-5-7-21;1-31(26,27)29-13-17-11-23(20(25)30-17)16-9-7-15(8-10-16)18(21)22-19(24)28-12-14-5-3-2-4-6-14/h3-11,20,24H,12-19H2,1-2H3,(H2,29,30,35);2-10,17H,11-13H2,1H3,(H2,21,22,24). The molecular weight excluding hydrogens is 929 g/mol. The van der Waals surface area contributed by atoms with Crippen LogP contribution in [0.25, 0.3) is 0 Å². The Labute approximate surface area is 405 Å². The fourth-order valence-corrected chi connectivity index (χ4v) is 7.63. The quantitative estimate of drug-likeness (QED) is 0.0376. The van der Waals surface area contributed by atoms with Gasteiger partial charge >= 0.3 is 30.3 Å². The number of piperazine rings is 1. The number of cyclic esters (lactones) is 2. The van der Waals surface area contributed by atoms with E-state index in [4.69, 9.17) is 34.5 Å². The lowest BCUT2D eigenvalue weighted by Crippen LogP contribution is -2.50. The highest BCUT2D eigenvalue weighted by atomic mass is 32.2. The summed E-state index contributed by atoms with van der Waals surface area (Å²) in [5.41, 5.74) is 3.71. The van der Waals surface area contributed by atoms with Gasteiger partial charge in [0.1, 0.15) is 43.7 Å². The van der Waals surface area contributed by atoms with Crippen molar-refractivity contribution >= 4 is 63.5 Å². The van der Waals surface area contributed by atoms with Gasteiger partial charge in [0, 0.05) is 55.2 Å². The molecule has 7 rings (SSSR count). The maximum absolute atomic E-state index is 12.6.